The van der Waals surface area contributed by atoms with Crippen LogP contribution in [0.15, 0.2) is 18.2 Å². The third-order valence-electron chi connectivity index (χ3n) is 2.57. The molecule has 2 rings (SSSR count). The molecule has 1 aliphatic rings. The van der Waals surface area contributed by atoms with Crippen LogP contribution >= 0.6 is 0 Å². The van der Waals surface area contributed by atoms with Gasteiger partial charge in [-0.3, -0.25) is 0 Å². The molecule has 0 bridgehead atoms. The molecular formula is C13H14O. The molecule has 0 fully saturated rings. The van der Waals surface area contributed by atoms with E-state index in [2.05, 4.69) is 30.0 Å². The zero-order valence-electron chi connectivity index (χ0n) is 8.21. The topological polar surface area (TPSA) is 20.2 Å². The summed E-state index contributed by atoms with van der Waals surface area (Å²) < 4.78 is 0. The lowest BCUT2D eigenvalue weighted by molar-refractivity contribution is 0.305. The Balaban J connectivity index is 2.18. The summed E-state index contributed by atoms with van der Waals surface area (Å²) in [6, 6.07) is 6.45. The Morgan fingerprint density at radius 2 is 2.07 bits per heavy atom. The Morgan fingerprint density at radius 1 is 1.21 bits per heavy atom. The summed E-state index contributed by atoms with van der Waals surface area (Å²) in [5.41, 5.74) is 4.03. The zero-order valence-corrected chi connectivity index (χ0v) is 8.21. The number of rotatable bonds is 1. The van der Waals surface area contributed by atoms with E-state index in [4.69, 9.17) is 5.11 Å². The lowest BCUT2D eigenvalue weighted by atomic mass is 10.1. The number of aryl methyl sites for hydroxylation is 2. The van der Waals surface area contributed by atoms with Gasteiger partial charge >= 0.3 is 0 Å². The Kier molecular flexibility index (Phi) is 2.86. The van der Waals surface area contributed by atoms with Gasteiger partial charge in [0.15, 0.2) is 0 Å². The van der Waals surface area contributed by atoms with Crippen molar-refractivity contribution in [3.63, 3.8) is 0 Å². The Hall–Kier alpha value is -1.26. The first-order valence-corrected chi connectivity index (χ1v) is 5.11. The summed E-state index contributed by atoms with van der Waals surface area (Å²) in [6.45, 7) is 0.151. The van der Waals surface area contributed by atoms with Crippen molar-refractivity contribution < 1.29 is 5.11 Å². The molecule has 1 nitrogen and oxygen atoms in total. The molecule has 0 heterocycles. The lowest BCUT2D eigenvalue weighted by Gasteiger charge is -1.98. The first-order valence-electron chi connectivity index (χ1n) is 5.11. The van der Waals surface area contributed by atoms with E-state index in [1.54, 1.807) is 0 Å². The van der Waals surface area contributed by atoms with Crippen molar-refractivity contribution in [3.8, 4) is 11.8 Å². The van der Waals surface area contributed by atoms with Gasteiger partial charge in [0.2, 0.25) is 0 Å². The van der Waals surface area contributed by atoms with Crippen LogP contribution < -0.4 is 0 Å². The van der Waals surface area contributed by atoms with E-state index in [9.17, 15) is 0 Å². The maximum atomic E-state index is 8.60. The molecule has 0 saturated heterocycles. The van der Waals surface area contributed by atoms with Crippen molar-refractivity contribution in [3.05, 3.63) is 34.9 Å². The predicted octanol–water partition coefficient (Wildman–Crippen LogP) is 1.91. The molecule has 0 saturated carbocycles. The molecule has 14 heavy (non-hydrogen) atoms. The largest absolute Gasteiger partial charge is 0.395 e. The van der Waals surface area contributed by atoms with Gasteiger partial charge in [0.05, 0.1) is 6.61 Å². The number of aliphatic hydroxyl groups is 1. The zero-order chi connectivity index (χ0) is 9.80. The average Bonchev–Trinajstić information content (AvgIpc) is 2.65. The molecule has 0 aliphatic heterocycles. The minimum absolute atomic E-state index is 0.151. The van der Waals surface area contributed by atoms with Crippen LogP contribution in [0.4, 0.5) is 0 Å². The molecule has 1 aliphatic carbocycles. The average molecular weight is 186 g/mol. The molecule has 1 N–H and O–H groups in total. The smallest absolute Gasteiger partial charge is 0.0540 e. The normalized spacial score (nSPS) is 13.2. The molecule has 0 aromatic heterocycles. The fraction of sp³-hybridized carbons (Fsp3) is 0.385. The fourth-order valence-corrected chi connectivity index (χ4v) is 1.87. The highest BCUT2D eigenvalue weighted by Crippen LogP contribution is 2.22. The van der Waals surface area contributed by atoms with Gasteiger partial charge in [-0.05, 0) is 42.5 Å². The monoisotopic (exact) mass is 186 g/mol. The lowest BCUT2D eigenvalue weighted by Crippen LogP contribution is -1.84. The van der Waals surface area contributed by atoms with E-state index >= 15 is 0 Å². The molecule has 1 aromatic rings. The maximum absolute atomic E-state index is 8.60. The molecule has 0 atom stereocenters. The first kappa shape index (κ1) is 9.30. The highest BCUT2D eigenvalue weighted by molar-refractivity contribution is 5.42. The number of fused-ring (bicyclic) bond motifs is 1. The predicted molar refractivity (Wildman–Crippen MR) is 57.0 cm³/mol. The summed E-state index contributed by atoms with van der Waals surface area (Å²) in [5.74, 6) is 6.01. The van der Waals surface area contributed by atoms with E-state index in [-0.39, 0.29) is 6.61 Å². The van der Waals surface area contributed by atoms with Gasteiger partial charge in [-0.2, -0.15) is 0 Å². The van der Waals surface area contributed by atoms with E-state index in [0.29, 0.717) is 6.42 Å². The minimum Gasteiger partial charge on any atom is -0.395 e. The van der Waals surface area contributed by atoms with Crippen LogP contribution in [0.5, 0.6) is 0 Å². The molecule has 72 valence electrons. The Labute approximate surface area is 84.8 Å². The molecule has 0 radical (unpaired) electrons. The highest BCUT2D eigenvalue weighted by atomic mass is 16.2. The van der Waals surface area contributed by atoms with Crippen molar-refractivity contribution in [2.75, 3.05) is 6.61 Å². The van der Waals surface area contributed by atoms with Crippen LogP contribution in [0.25, 0.3) is 0 Å². The van der Waals surface area contributed by atoms with Crippen molar-refractivity contribution >= 4 is 0 Å². The molecule has 0 amide bonds. The second-order valence-electron chi connectivity index (χ2n) is 3.61. The highest BCUT2D eigenvalue weighted by Gasteiger charge is 2.09. The summed E-state index contributed by atoms with van der Waals surface area (Å²) >= 11 is 0. The molecule has 1 aromatic carbocycles. The van der Waals surface area contributed by atoms with E-state index < -0.39 is 0 Å². The molecule has 0 unspecified atom stereocenters. The van der Waals surface area contributed by atoms with Crippen molar-refractivity contribution in [1.29, 1.82) is 0 Å². The van der Waals surface area contributed by atoms with Gasteiger partial charge in [-0.1, -0.05) is 17.9 Å². The van der Waals surface area contributed by atoms with Crippen LogP contribution in [-0.4, -0.2) is 11.7 Å². The number of hydrogen-bond acceptors (Lipinski definition) is 1. The third-order valence-corrected chi connectivity index (χ3v) is 2.57. The number of aliphatic hydroxyl groups excluding tert-OH is 1. The molecular weight excluding hydrogens is 172 g/mol. The SMILES string of the molecule is OCCC#Cc1ccc2c(c1)CCC2. The summed E-state index contributed by atoms with van der Waals surface area (Å²) in [4.78, 5) is 0. The summed E-state index contributed by atoms with van der Waals surface area (Å²) in [5, 5.41) is 8.60. The first-order chi connectivity index (χ1) is 6.90. The van der Waals surface area contributed by atoms with Crippen molar-refractivity contribution in [1.82, 2.24) is 0 Å². The standard InChI is InChI=1S/C13H14O/c14-9-2-1-4-11-7-8-12-5-3-6-13(12)10-11/h7-8,10,14H,2-3,5-6,9H2. The number of benzene rings is 1. The van der Waals surface area contributed by atoms with Crippen LogP contribution in [0.1, 0.15) is 29.5 Å². The van der Waals surface area contributed by atoms with Gasteiger partial charge in [0.25, 0.3) is 0 Å². The van der Waals surface area contributed by atoms with Gasteiger partial charge < -0.3 is 5.11 Å². The summed E-state index contributed by atoms with van der Waals surface area (Å²) in [7, 11) is 0. The second-order valence-corrected chi connectivity index (χ2v) is 3.61. The van der Waals surface area contributed by atoms with Crippen LogP contribution in [0.3, 0.4) is 0 Å². The third kappa shape index (κ3) is 1.97. The Morgan fingerprint density at radius 3 is 2.93 bits per heavy atom. The van der Waals surface area contributed by atoms with Gasteiger partial charge in [0.1, 0.15) is 0 Å². The second kappa shape index (κ2) is 4.30. The number of hydrogen-bond donors (Lipinski definition) is 1. The van der Waals surface area contributed by atoms with Crippen molar-refractivity contribution in [2.24, 2.45) is 0 Å². The van der Waals surface area contributed by atoms with Crippen LogP contribution in [0, 0.1) is 11.8 Å². The van der Waals surface area contributed by atoms with E-state index in [1.807, 2.05) is 0 Å². The van der Waals surface area contributed by atoms with Crippen LogP contribution in [-0.2, 0) is 12.8 Å². The van der Waals surface area contributed by atoms with Gasteiger partial charge in [-0.15, -0.1) is 0 Å². The fourth-order valence-electron chi connectivity index (χ4n) is 1.87. The molecule has 0 spiro atoms. The van der Waals surface area contributed by atoms with E-state index in [0.717, 1.165) is 5.56 Å². The Bertz CT molecular complexity index is 382. The van der Waals surface area contributed by atoms with Gasteiger partial charge in [-0.25, -0.2) is 0 Å². The van der Waals surface area contributed by atoms with Crippen molar-refractivity contribution in [2.45, 2.75) is 25.7 Å². The van der Waals surface area contributed by atoms with Crippen LogP contribution in [0.2, 0.25) is 0 Å². The van der Waals surface area contributed by atoms with Gasteiger partial charge in [0, 0.05) is 12.0 Å². The van der Waals surface area contributed by atoms with E-state index in [1.165, 1.54) is 30.4 Å². The quantitative estimate of drug-likeness (QED) is 0.664. The summed E-state index contributed by atoms with van der Waals surface area (Å²) in [6.07, 6.45) is 4.27. The molecule has 1 heteroatoms. The minimum atomic E-state index is 0.151. The maximum Gasteiger partial charge on any atom is 0.0540 e.